The zero-order valence-electron chi connectivity index (χ0n) is 23.9. The van der Waals surface area contributed by atoms with Crippen LogP contribution in [0.3, 0.4) is 0 Å². The molecule has 204 valence electrons. The van der Waals surface area contributed by atoms with E-state index < -0.39 is 0 Å². The Morgan fingerprint density at radius 3 is 2.16 bits per heavy atom. The fourth-order valence-corrected chi connectivity index (χ4v) is 7.09. The van der Waals surface area contributed by atoms with Crippen molar-refractivity contribution in [2.75, 3.05) is 0 Å². The fourth-order valence-electron chi connectivity index (χ4n) is 7.09. The molecule has 1 aliphatic rings. The number of nitrogens with zero attached hydrogens (tertiary/aromatic N) is 3. The fraction of sp³-hybridized carbons (Fsp3) is 0.0769. The van der Waals surface area contributed by atoms with Crippen LogP contribution < -0.4 is 4.74 Å². The largest absolute Gasteiger partial charge is 0.457 e. The van der Waals surface area contributed by atoms with Gasteiger partial charge in [-0.1, -0.05) is 86.6 Å². The van der Waals surface area contributed by atoms with Gasteiger partial charge in [-0.05, 0) is 59.7 Å². The van der Waals surface area contributed by atoms with Gasteiger partial charge in [0.15, 0.2) is 0 Å². The van der Waals surface area contributed by atoms with Crippen LogP contribution in [0.4, 0.5) is 0 Å². The first-order valence-corrected chi connectivity index (χ1v) is 14.7. The van der Waals surface area contributed by atoms with Crippen molar-refractivity contribution < 1.29 is 4.74 Å². The molecule has 4 heteroatoms. The lowest BCUT2D eigenvalue weighted by Crippen LogP contribution is -2.17. The first-order valence-electron chi connectivity index (χ1n) is 14.7. The first kappa shape index (κ1) is 24.2. The summed E-state index contributed by atoms with van der Waals surface area (Å²) in [5, 5.41) is 2.48. The monoisotopic (exact) mass is 553 g/mol. The van der Waals surface area contributed by atoms with Crippen molar-refractivity contribution >= 4 is 27.3 Å². The molecule has 1 aliphatic carbocycles. The van der Waals surface area contributed by atoms with E-state index >= 15 is 0 Å². The molecule has 0 saturated heterocycles. The lowest BCUT2D eigenvalue weighted by atomic mass is 9.85. The number of pyridine rings is 2. The molecular weight excluding hydrogens is 526 g/mol. The van der Waals surface area contributed by atoms with E-state index in [-0.39, 0.29) is 5.41 Å². The molecule has 0 radical (unpaired) electrons. The van der Waals surface area contributed by atoms with Crippen LogP contribution in [0.5, 0.6) is 11.5 Å². The number of hydrogen-bond acceptors (Lipinski definition) is 3. The molecule has 4 aromatic heterocycles. The summed E-state index contributed by atoms with van der Waals surface area (Å²) < 4.78 is 8.86. The molecule has 0 fully saturated rings. The SMILES string of the molecule is CC1(C)c2ccccc2-c2c1n1c3ccccc3c3cc(-c4cccc(Oc5cccc(-c6ccccn6)c5)c4)nc2c31. The molecule has 43 heavy (non-hydrogen) atoms. The number of ether oxygens (including phenoxy) is 1. The van der Waals surface area contributed by atoms with Gasteiger partial charge in [-0.15, -0.1) is 0 Å². The molecule has 0 saturated carbocycles. The van der Waals surface area contributed by atoms with Crippen molar-refractivity contribution in [3.63, 3.8) is 0 Å². The molecule has 0 aliphatic heterocycles. The maximum atomic E-state index is 6.39. The predicted octanol–water partition coefficient (Wildman–Crippen LogP) is 9.91. The second kappa shape index (κ2) is 8.76. The summed E-state index contributed by atoms with van der Waals surface area (Å²) in [7, 11) is 0. The third-order valence-corrected chi connectivity index (χ3v) is 8.97. The molecule has 0 unspecified atom stereocenters. The molecule has 0 bridgehead atoms. The molecular formula is C39H27N3O. The van der Waals surface area contributed by atoms with Gasteiger partial charge < -0.3 is 9.14 Å². The molecule has 4 nitrogen and oxygen atoms in total. The zero-order chi connectivity index (χ0) is 28.7. The molecule has 0 spiro atoms. The van der Waals surface area contributed by atoms with Crippen LogP contribution >= 0.6 is 0 Å². The average molecular weight is 554 g/mol. The summed E-state index contributed by atoms with van der Waals surface area (Å²) in [6.45, 7) is 4.68. The molecule has 8 aromatic rings. The van der Waals surface area contributed by atoms with E-state index in [0.717, 1.165) is 39.5 Å². The Bertz CT molecular complexity index is 2350. The van der Waals surface area contributed by atoms with Crippen molar-refractivity contribution in [2.24, 2.45) is 0 Å². The predicted molar refractivity (Wildman–Crippen MR) is 174 cm³/mol. The summed E-state index contributed by atoms with van der Waals surface area (Å²) in [6, 6.07) is 42.0. The second-order valence-electron chi connectivity index (χ2n) is 11.9. The van der Waals surface area contributed by atoms with Gasteiger partial charge in [0.2, 0.25) is 0 Å². The van der Waals surface area contributed by atoms with Gasteiger partial charge in [0.05, 0.1) is 27.9 Å². The summed E-state index contributed by atoms with van der Waals surface area (Å²) in [5.41, 5.74) is 12.5. The smallest absolute Gasteiger partial charge is 0.128 e. The highest BCUT2D eigenvalue weighted by Gasteiger charge is 2.41. The Morgan fingerprint density at radius 2 is 1.37 bits per heavy atom. The lowest BCUT2D eigenvalue weighted by Gasteiger charge is -2.21. The van der Waals surface area contributed by atoms with Crippen LogP contribution in [-0.4, -0.2) is 14.4 Å². The van der Waals surface area contributed by atoms with E-state index in [9.17, 15) is 0 Å². The average Bonchev–Trinajstić information content (AvgIpc) is 3.65. The number of aromatic nitrogens is 3. The van der Waals surface area contributed by atoms with E-state index in [1.165, 1.54) is 44.2 Å². The summed E-state index contributed by atoms with van der Waals surface area (Å²) in [5.74, 6) is 1.54. The number of fused-ring (bicyclic) bond motifs is 8. The first-order chi connectivity index (χ1) is 21.1. The van der Waals surface area contributed by atoms with E-state index in [4.69, 9.17) is 9.72 Å². The highest BCUT2D eigenvalue weighted by atomic mass is 16.5. The molecule has 9 rings (SSSR count). The Hall–Kier alpha value is -5.48. The van der Waals surface area contributed by atoms with Crippen LogP contribution in [-0.2, 0) is 5.41 Å². The quantitative estimate of drug-likeness (QED) is 0.218. The van der Waals surface area contributed by atoms with Crippen molar-refractivity contribution in [3.8, 4) is 45.1 Å². The van der Waals surface area contributed by atoms with E-state index in [1.807, 2.05) is 54.7 Å². The Labute approximate surface area is 249 Å². The third kappa shape index (κ3) is 3.44. The normalized spacial score (nSPS) is 13.5. The lowest BCUT2D eigenvalue weighted by molar-refractivity contribution is 0.483. The zero-order valence-corrected chi connectivity index (χ0v) is 23.9. The number of benzene rings is 4. The van der Waals surface area contributed by atoms with E-state index in [2.05, 4.69) is 96.0 Å². The standard InChI is InChI=1S/C39H27N3O/c1-39(2)31-17-5-3-16-29(31)35-36-37-30(28-15-4-6-19-34(28)42(37)38(35)39)23-33(41-36)25-12-10-14-27(22-25)43-26-13-9-11-24(21-26)32-18-7-8-20-40-32/h3-23H,1-2H3. The van der Waals surface area contributed by atoms with Crippen molar-refractivity contribution in [1.29, 1.82) is 0 Å². The molecule has 4 heterocycles. The van der Waals surface area contributed by atoms with Gasteiger partial charge in [0.25, 0.3) is 0 Å². The van der Waals surface area contributed by atoms with Gasteiger partial charge in [0.1, 0.15) is 11.5 Å². The minimum atomic E-state index is -0.140. The van der Waals surface area contributed by atoms with Crippen LogP contribution in [0, 0.1) is 0 Å². The van der Waals surface area contributed by atoms with Crippen molar-refractivity contribution in [2.45, 2.75) is 19.3 Å². The number of para-hydroxylation sites is 1. The maximum Gasteiger partial charge on any atom is 0.128 e. The Morgan fingerprint density at radius 1 is 0.651 bits per heavy atom. The third-order valence-electron chi connectivity index (χ3n) is 8.97. The minimum absolute atomic E-state index is 0.140. The number of rotatable bonds is 4. The van der Waals surface area contributed by atoms with Gasteiger partial charge in [-0.3, -0.25) is 4.98 Å². The van der Waals surface area contributed by atoms with E-state index in [1.54, 1.807) is 0 Å². The van der Waals surface area contributed by atoms with Crippen LogP contribution in [0.25, 0.3) is 61.0 Å². The van der Waals surface area contributed by atoms with Gasteiger partial charge in [-0.2, -0.15) is 0 Å². The highest BCUT2D eigenvalue weighted by molar-refractivity contribution is 6.19. The minimum Gasteiger partial charge on any atom is -0.457 e. The highest BCUT2D eigenvalue weighted by Crippen LogP contribution is 2.54. The molecule has 0 amide bonds. The summed E-state index contributed by atoms with van der Waals surface area (Å²) >= 11 is 0. The summed E-state index contributed by atoms with van der Waals surface area (Å²) in [6.07, 6.45) is 1.81. The van der Waals surface area contributed by atoms with Gasteiger partial charge in [-0.25, -0.2) is 4.98 Å². The van der Waals surface area contributed by atoms with Gasteiger partial charge in [0, 0.05) is 44.8 Å². The maximum absolute atomic E-state index is 6.39. The van der Waals surface area contributed by atoms with Crippen LogP contribution in [0.2, 0.25) is 0 Å². The molecule has 0 atom stereocenters. The molecule has 4 aromatic carbocycles. The van der Waals surface area contributed by atoms with Gasteiger partial charge >= 0.3 is 0 Å². The van der Waals surface area contributed by atoms with Crippen LogP contribution in [0.15, 0.2) is 128 Å². The molecule has 0 N–H and O–H groups in total. The topological polar surface area (TPSA) is 39.4 Å². The van der Waals surface area contributed by atoms with Crippen molar-refractivity contribution in [1.82, 2.24) is 14.4 Å². The van der Waals surface area contributed by atoms with E-state index in [0.29, 0.717) is 0 Å². The second-order valence-corrected chi connectivity index (χ2v) is 11.9. The Kier molecular flexibility index (Phi) is 4.92. The van der Waals surface area contributed by atoms with Crippen LogP contribution in [0.1, 0.15) is 25.1 Å². The Balaban J connectivity index is 1.22. The van der Waals surface area contributed by atoms with Crippen molar-refractivity contribution in [3.05, 3.63) is 139 Å². The summed E-state index contributed by atoms with van der Waals surface area (Å²) in [4.78, 5) is 9.89. The number of hydrogen-bond donors (Lipinski definition) is 0.